The van der Waals surface area contributed by atoms with Crippen molar-refractivity contribution in [2.45, 2.75) is 26.2 Å². The Balaban J connectivity index is 0.00000161. The van der Waals surface area contributed by atoms with E-state index in [9.17, 15) is 4.39 Å². The number of hydrogen-bond donors (Lipinski definition) is 0. The molecule has 0 saturated carbocycles. The molecule has 1 aromatic carbocycles. The number of aliphatic imine (C=N–C) groups is 1. The molecule has 0 saturated heterocycles. The van der Waals surface area contributed by atoms with E-state index in [2.05, 4.69) is 24.2 Å². The van der Waals surface area contributed by atoms with Crippen LogP contribution in [-0.2, 0) is 0 Å². The molecule has 110 valence electrons. The lowest BCUT2D eigenvalue weighted by Gasteiger charge is -2.21. The Morgan fingerprint density at radius 3 is 2.52 bits per heavy atom. The smallest absolute Gasteiger partial charge is 0.123 e. The first-order chi connectivity index (χ1) is 9.66. The molecule has 2 heterocycles. The lowest BCUT2D eigenvalue weighted by Crippen LogP contribution is -2.06. The number of allylic oxidation sites excluding steroid dienone is 1. The van der Waals surface area contributed by atoms with Crippen LogP contribution in [0.5, 0.6) is 0 Å². The first kappa shape index (κ1) is 15.9. The predicted octanol–water partition coefficient (Wildman–Crippen LogP) is 5.53. The van der Waals surface area contributed by atoms with Crippen molar-refractivity contribution < 1.29 is 4.39 Å². The van der Waals surface area contributed by atoms with Crippen LogP contribution >= 0.6 is 23.7 Å². The minimum Gasteiger partial charge on any atom is -0.269 e. The highest BCUT2D eigenvalue weighted by Crippen LogP contribution is 2.41. The van der Waals surface area contributed by atoms with E-state index in [0.29, 0.717) is 5.92 Å². The van der Waals surface area contributed by atoms with Crippen molar-refractivity contribution >= 4 is 35.5 Å². The third-order valence-corrected chi connectivity index (χ3v) is 5.17. The van der Waals surface area contributed by atoms with E-state index in [-0.39, 0.29) is 18.2 Å². The molecule has 1 unspecified atom stereocenters. The van der Waals surface area contributed by atoms with Crippen molar-refractivity contribution in [3.8, 4) is 0 Å². The highest BCUT2D eigenvalue weighted by atomic mass is 35.5. The molecular formula is C17H17ClFNS. The van der Waals surface area contributed by atoms with E-state index in [4.69, 9.17) is 0 Å². The van der Waals surface area contributed by atoms with Crippen LogP contribution in [0.3, 0.4) is 0 Å². The molecule has 21 heavy (non-hydrogen) atoms. The summed E-state index contributed by atoms with van der Waals surface area (Å²) in [5.41, 5.74) is 4.94. The Bertz CT molecular complexity index is 685. The average Bonchev–Trinajstić information content (AvgIpc) is 2.80. The van der Waals surface area contributed by atoms with Crippen molar-refractivity contribution in [2.24, 2.45) is 4.99 Å². The number of benzene rings is 1. The first-order valence-electron chi connectivity index (χ1n) is 6.69. The van der Waals surface area contributed by atoms with Gasteiger partial charge >= 0.3 is 0 Å². The molecule has 2 aromatic rings. The zero-order valence-electron chi connectivity index (χ0n) is 12.0. The van der Waals surface area contributed by atoms with E-state index in [1.807, 2.05) is 35.9 Å². The van der Waals surface area contributed by atoms with Crippen LogP contribution in [0.15, 0.2) is 40.8 Å². The van der Waals surface area contributed by atoms with Gasteiger partial charge < -0.3 is 0 Å². The molecule has 1 aliphatic heterocycles. The van der Waals surface area contributed by atoms with Gasteiger partial charge in [-0.1, -0.05) is 12.1 Å². The standard InChI is InChI=1S/C17H16FNS.ClH/c1-11-10-20-17(12(11)2)15-7-8-19-9-16(15)13-3-5-14(18)6-4-13;/h3-6,8-10,15H,7H2,1-2H3;1H. The molecule has 0 fully saturated rings. The summed E-state index contributed by atoms with van der Waals surface area (Å²) < 4.78 is 13.1. The van der Waals surface area contributed by atoms with Gasteiger partial charge in [0, 0.05) is 23.2 Å². The zero-order valence-corrected chi connectivity index (χ0v) is 13.6. The second-order valence-corrected chi connectivity index (χ2v) is 6.03. The molecule has 1 aliphatic rings. The van der Waals surface area contributed by atoms with Gasteiger partial charge in [0.15, 0.2) is 0 Å². The van der Waals surface area contributed by atoms with Crippen LogP contribution < -0.4 is 0 Å². The third-order valence-electron chi connectivity index (χ3n) is 3.85. The van der Waals surface area contributed by atoms with Gasteiger partial charge in [0.2, 0.25) is 0 Å². The summed E-state index contributed by atoms with van der Waals surface area (Å²) in [5.74, 6) is 0.130. The molecule has 0 spiro atoms. The Labute approximate surface area is 134 Å². The molecule has 3 rings (SSSR count). The summed E-state index contributed by atoms with van der Waals surface area (Å²) in [5, 5.41) is 2.21. The van der Waals surface area contributed by atoms with E-state index < -0.39 is 0 Å². The van der Waals surface area contributed by atoms with Gasteiger partial charge in [0.1, 0.15) is 5.82 Å². The highest BCUT2D eigenvalue weighted by Gasteiger charge is 2.23. The maximum absolute atomic E-state index is 13.1. The predicted molar refractivity (Wildman–Crippen MR) is 91.3 cm³/mol. The van der Waals surface area contributed by atoms with Gasteiger partial charge in [-0.15, -0.1) is 23.7 Å². The number of hydrogen-bond acceptors (Lipinski definition) is 2. The molecular weight excluding hydrogens is 305 g/mol. The molecule has 1 nitrogen and oxygen atoms in total. The minimum atomic E-state index is -0.201. The fourth-order valence-electron chi connectivity index (χ4n) is 2.55. The van der Waals surface area contributed by atoms with Crippen LogP contribution in [0.2, 0.25) is 0 Å². The quantitative estimate of drug-likeness (QED) is 0.690. The van der Waals surface area contributed by atoms with Crippen molar-refractivity contribution in [1.29, 1.82) is 0 Å². The second kappa shape index (κ2) is 6.54. The van der Waals surface area contributed by atoms with E-state index in [1.165, 1.54) is 33.7 Å². The normalized spacial score (nSPS) is 17.3. The van der Waals surface area contributed by atoms with Gasteiger partial charge in [-0.3, -0.25) is 4.99 Å². The molecule has 4 heteroatoms. The molecule has 0 aliphatic carbocycles. The van der Waals surface area contributed by atoms with Crippen LogP contribution in [0, 0.1) is 19.7 Å². The molecule has 0 bridgehead atoms. The van der Waals surface area contributed by atoms with Crippen LogP contribution in [-0.4, -0.2) is 6.21 Å². The van der Waals surface area contributed by atoms with Crippen LogP contribution in [0.25, 0.3) is 5.57 Å². The molecule has 1 atom stereocenters. The summed E-state index contributed by atoms with van der Waals surface area (Å²) in [7, 11) is 0. The van der Waals surface area contributed by atoms with Crippen LogP contribution in [0.1, 0.15) is 33.9 Å². The summed E-state index contributed by atoms with van der Waals surface area (Å²) in [6.45, 7) is 4.32. The average molecular weight is 322 g/mol. The summed E-state index contributed by atoms with van der Waals surface area (Å²) in [4.78, 5) is 5.69. The lowest BCUT2D eigenvalue weighted by molar-refractivity contribution is 0.627. The van der Waals surface area contributed by atoms with Gasteiger partial charge in [-0.25, -0.2) is 4.39 Å². The van der Waals surface area contributed by atoms with E-state index >= 15 is 0 Å². The molecule has 0 radical (unpaired) electrons. The largest absolute Gasteiger partial charge is 0.269 e. The molecule has 1 aromatic heterocycles. The SMILES string of the molecule is Cc1csc(C2CC=NC=C2c2ccc(F)cc2)c1C.Cl. The Kier molecular flexibility index (Phi) is 4.96. The fourth-order valence-corrected chi connectivity index (χ4v) is 3.75. The van der Waals surface area contributed by atoms with E-state index in [0.717, 1.165) is 12.0 Å². The van der Waals surface area contributed by atoms with Gasteiger partial charge in [-0.05, 0) is 60.0 Å². The number of rotatable bonds is 2. The second-order valence-electron chi connectivity index (χ2n) is 5.12. The maximum Gasteiger partial charge on any atom is 0.123 e. The minimum absolute atomic E-state index is 0. The van der Waals surface area contributed by atoms with Crippen LogP contribution in [0.4, 0.5) is 4.39 Å². The maximum atomic E-state index is 13.1. The van der Waals surface area contributed by atoms with Crippen molar-refractivity contribution in [1.82, 2.24) is 0 Å². The fraction of sp³-hybridized carbons (Fsp3) is 0.235. The zero-order chi connectivity index (χ0) is 14.1. The number of halogens is 2. The molecule has 0 N–H and O–H groups in total. The van der Waals surface area contributed by atoms with Gasteiger partial charge in [0.25, 0.3) is 0 Å². The van der Waals surface area contributed by atoms with Crippen molar-refractivity contribution in [3.63, 3.8) is 0 Å². The topological polar surface area (TPSA) is 12.4 Å². The monoisotopic (exact) mass is 321 g/mol. The first-order valence-corrected chi connectivity index (χ1v) is 7.57. The lowest BCUT2D eigenvalue weighted by atomic mass is 9.86. The Hall–Kier alpha value is -1.45. The Morgan fingerprint density at radius 1 is 1.19 bits per heavy atom. The van der Waals surface area contributed by atoms with Crippen molar-refractivity contribution in [2.75, 3.05) is 0 Å². The summed E-state index contributed by atoms with van der Waals surface area (Å²) in [6, 6.07) is 6.70. The third kappa shape index (κ3) is 3.09. The van der Waals surface area contributed by atoms with Gasteiger partial charge in [0.05, 0.1) is 0 Å². The van der Waals surface area contributed by atoms with E-state index in [1.54, 1.807) is 0 Å². The summed E-state index contributed by atoms with van der Waals surface area (Å²) >= 11 is 1.81. The number of aryl methyl sites for hydroxylation is 1. The Morgan fingerprint density at radius 2 is 1.90 bits per heavy atom. The summed E-state index contributed by atoms with van der Waals surface area (Å²) in [6.07, 6.45) is 4.78. The molecule has 0 amide bonds. The van der Waals surface area contributed by atoms with Crippen molar-refractivity contribution in [3.05, 3.63) is 63.2 Å². The number of nitrogens with zero attached hydrogens (tertiary/aromatic N) is 1. The number of thiophene rings is 1. The highest BCUT2D eigenvalue weighted by molar-refractivity contribution is 7.10. The van der Waals surface area contributed by atoms with Gasteiger partial charge in [-0.2, -0.15) is 0 Å².